The van der Waals surface area contributed by atoms with Crippen LogP contribution in [0.4, 0.5) is 0 Å². The molecule has 0 aliphatic heterocycles. The van der Waals surface area contributed by atoms with E-state index in [4.69, 9.17) is 9.84 Å². The topological polar surface area (TPSA) is 46.5 Å². The summed E-state index contributed by atoms with van der Waals surface area (Å²) in [6.45, 7) is -0.133. The average Bonchev–Trinajstić information content (AvgIpc) is 2.35. The summed E-state index contributed by atoms with van der Waals surface area (Å²) in [4.78, 5) is 11.6. The fourth-order valence-corrected chi connectivity index (χ4v) is 1.61. The molecule has 0 aromatic heterocycles. The third kappa shape index (κ3) is 7.05. The minimum absolute atomic E-state index is 0. The smallest absolute Gasteiger partial charge is 1.00 e. The van der Waals surface area contributed by atoms with E-state index < -0.39 is 6.10 Å². The van der Waals surface area contributed by atoms with Crippen molar-refractivity contribution in [2.45, 2.75) is 18.9 Å². The van der Waals surface area contributed by atoms with Gasteiger partial charge in [0.1, 0.15) is 6.10 Å². The van der Waals surface area contributed by atoms with Gasteiger partial charge >= 0.3 is 57.4 Å². The quantitative estimate of drug-likeness (QED) is 0.435. The van der Waals surface area contributed by atoms with Crippen molar-refractivity contribution >= 4 is 21.9 Å². The Morgan fingerprint density at radius 1 is 1.41 bits per heavy atom. The summed E-state index contributed by atoms with van der Waals surface area (Å²) in [6, 6.07) is 8.79. The van der Waals surface area contributed by atoms with Crippen LogP contribution in [0.15, 0.2) is 30.3 Å². The first-order valence-corrected chi connectivity index (χ1v) is 6.33. The fourth-order valence-electron chi connectivity index (χ4n) is 1.29. The first-order chi connectivity index (χ1) is 7.77. The molecule has 17 heavy (non-hydrogen) atoms. The van der Waals surface area contributed by atoms with Crippen LogP contribution < -0.4 is 51.4 Å². The van der Waals surface area contributed by atoms with Crippen molar-refractivity contribution in [1.29, 1.82) is 0 Å². The first kappa shape index (κ1) is 17.8. The number of carbonyl (C=O) groups excluding carboxylic acids is 1. The Morgan fingerprint density at radius 2 is 2.06 bits per heavy atom. The van der Waals surface area contributed by atoms with Crippen molar-refractivity contribution < 1.29 is 67.4 Å². The van der Waals surface area contributed by atoms with Gasteiger partial charge in [-0.25, -0.2) is 4.79 Å². The zero-order valence-corrected chi connectivity index (χ0v) is 14.6. The number of carbonyl (C=O) groups is 1. The van der Waals surface area contributed by atoms with Crippen molar-refractivity contribution in [1.82, 2.24) is 0 Å². The van der Waals surface area contributed by atoms with Crippen LogP contribution in [0.25, 0.3) is 0 Å². The Morgan fingerprint density at radius 3 is 2.59 bits per heavy atom. The van der Waals surface area contributed by atoms with Gasteiger partial charge in [-0.1, -0.05) is 34.1 Å². The van der Waals surface area contributed by atoms with E-state index >= 15 is 0 Å². The normalized spacial score (nSPS) is 11.4. The number of hydrogen-bond acceptors (Lipinski definition) is 3. The summed E-state index contributed by atoms with van der Waals surface area (Å²) in [5, 5.41) is 9.90. The van der Waals surface area contributed by atoms with Gasteiger partial charge in [0, 0.05) is 5.33 Å². The summed E-state index contributed by atoms with van der Waals surface area (Å²) in [5.41, 5.74) is 0.514. The van der Waals surface area contributed by atoms with Crippen LogP contribution >= 0.6 is 15.9 Å². The molecule has 1 aromatic rings. The number of alkyl halides is 1. The molecular formula is C12H16BrKO3. The van der Waals surface area contributed by atoms with E-state index in [1.807, 2.05) is 6.07 Å². The second kappa shape index (κ2) is 10.7. The summed E-state index contributed by atoms with van der Waals surface area (Å²) < 4.78 is 5.18. The molecule has 0 aliphatic carbocycles. The summed E-state index contributed by atoms with van der Waals surface area (Å²) in [5.74, 6) is -0.380. The van der Waals surface area contributed by atoms with Gasteiger partial charge in [0.2, 0.25) is 0 Å². The molecule has 3 nitrogen and oxygen atoms in total. The Kier molecular flexibility index (Phi) is 11.1. The molecule has 0 bridgehead atoms. The van der Waals surface area contributed by atoms with Gasteiger partial charge < -0.3 is 11.3 Å². The number of hydrogen-bond donors (Lipinski definition) is 1. The van der Waals surface area contributed by atoms with Crippen molar-refractivity contribution in [2.75, 3.05) is 11.9 Å². The molecular weight excluding hydrogens is 311 g/mol. The number of halogens is 1. The molecule has 0 amide bonds. The monoisotopic (exact) mass is 326 g/mol. The van der Waals surface area contributed by atoms with Gasteiger partial charge in [0.05, 0.1) is 12.2 Å². The molecule has 1 N–H and O–H groups in total. The minimum atomic E-state index is -0.412. The Bertz CT molecular complexity index is 324. The predicted molar refractivity (Wildman–Crippen MR) is 66.9 cm³/mol. The van der Waals surface area contributed by atoms with Crippen LogP contribution in [0, 0.1) is 0 Å². The zero-order chi connectivity index (χ0) is 11.8. The number of aliphatic hydroxyl groups is 1. The molecule has 0 heterocycles. The van der Waals surface area contributed by atoms with Gasteiger partial charge in [-0.2, -0.15) is 0 Å². The number of esters is 1. The van der Waals surface area contributed by atoms with Gasteiger partial charge in [0.15, 0.2) is 0 Å². The molecule has 0 aliphatic rings. The second-order valence-corrected chi connectivity index (χ2v) is 4.20. The van der Waals surface area contributed by atoms with Crippen LogP contribution in [-0.4, -0.2) is 29.1 Å². The third-order valence-corrected chi connectivity index (χ3v) is 2.71. The zero-order valence-electron chi connectivity index (χ0n) is 10.9. The molecule has 1 rings (SSSR count). The molecule has 5 heteroatoms. The number of rotatable bonds is 6. The molecule has 1 aromatic carbocycles. The van der Waals surface area contributed by atoms with E-state index in [0.717, 1.165) is 11.8 Å². The maximum absolute atomic E-state index is 11.6. The van der Waals surface area contributed by atoms with Crippen molar-refractivity contribution in [3.8, 4) is 0 Å². The van der Waals surface area contributed by atoms with Crippen molar-refractivity contribution in [2.24, 2.45) is 0 Å². The van der Waals surface area contributed by atoms with Crippen LogP contribution in [0.1, 0.15) is 24.6 Å². The van der Waals surface area contributed by atoms with Gasteiger partial charge in [0.25, 0.3) is 0 Å². The van der Waals surface area contributed by atoms with E-state index in [2.05, 4.69) is 15.9 Å². The fraction of sp³-hybridized carbons (Fsp3) is 0.417. The van der Waals surface area contributed by atoms with Crippen LogP contribution in [0.2, 0.25) is 0 Å². The van der Waals surface area contributed by atoms with Crippen molar-refractivity contribution in [3.05, 3.63) is 35.9 Å². The van der Waals surface area contributed by atoms with Crippen LogP contribution in [0.5, 0.6) is 0 Å². The Labute approximate surface area is 154 Å². The predicted octanol–water partition coefficient (Wildman–Crippen LogP) is -0.504. The summed E-state index contributed by atoms with van der Waals surface area (Å²) in [7, 11) is 0. The average molecular weight is 327 g/mol. The molecule has 90 valence electrons. The minimum Gasteiger partial charge on any atom is -1.00 e. The van der Waals surface area contributed by atoms with Crippen LogP contribution in [-0.2, 0) is 4.74 Å². The molecule has 0 saturated heterocycles. The molecule has 1 unspecified atom stereocenters. The largest absolute Gasteiger partial charge is 1.00 e. The Balaban J connectivity index is 0. The molecule has 0 fully saturated rings. The van der Waals surface area contributed by atoms with Crippen LogP contribution in [0.3, 0.4) is 0 Å². The molecule has 0 spiro atoms. The maximum atomic E-state index is 11.6. The SMILES string of the molecule is O=C(OC(CO)CCCBr)c1ccccc1.[H-].[K+]. The maximum Gasteiger partial charge on any atom is 1.00 e. The third-order valence-electron chi connectivity index (χ3n) is 2.15. The molecule has 0 radical (unpaired) electrons. The van der Waals surface area contributed by atoms with Gasteiger partial charge in [-0.3, -0.25) is 0 Å². The molecule has 1 atom stereocenters. The standard InChI is InChI=1S/C12H15BrO3.K.H/c13-8-4-7-11(9-14)16-12(15)10-5-2-1-3-6-10;;/h1-3,5-6,11,14H,4,7-9H2;;/q;+1;-1. The van der Waals surface area contributed by atoms with Gasteiger partial charge in [-0.15, -0.1) is 0 Å². The van der Waals surface area contributed by atoms with Crippen molar-refractivity contribution in [3.63, 3.8) is 0 Å². The van der Waals surface area contributed by atoms with E-state index in [1.54, 1.807) is 24.3 Å². The number of aliphatic hydroxyl groups excluding tert-OH is 1. The first-order valence-electron chi connectivity index (χ1n) is 5.20. The number of ether oxygens (including phenoxy) is 1. The van der Waals surface area contributed by atoms with Gasteiger partial charge in [-0.05, 0) is 25.0 Å². The summed E-state index contributed by atoms with van der Waals surface area (Å²) in [6.07, 6.45) is 1.12. The van der Waals surface area contributed by atoms with E-state index in [9.17, 15) is 4.79 Å². The van der Waals surface area contributed by atoms with E-state index in [1.165, 1.54) is 0 Å². The Hall–Kier alpha value is 0.766. The second-order valence-electron chi connectivity index (χ2n) is 3.41. The number of benzene rings is 1. The summed E-state index contributed by atoms with van der Waals surface area (Å²) >= 11 is 3.30. The van der Waals surface area contributed by atoms with E-state index in [0.29, 0.717) is 12.0 Å². The molecule has 0 saturated carbocycles. The van der Waals surface area contributed by atoms with E-state index in [-0.39, 0.29) is 65.4 Å².